The van der Waals surface area contributed by atoms with Crippen LogP contribution in [0.15, 0.2) is 35.5 Å². The van der Waals surface area contributed by atoms with Gasteiger partial charge in [0.15, 0.2) is 0 Å². The second-order valence-electron chi connectivity index (χ2n) is 5.94. The number of piperidine rings is 1. The van der Waals surface area contributed by atoms with Crippen molar-refractivity contribution in [1.29, 1.82) is 0 Å². The van der Waals surface area contributed by atoms with Crippen LogP contribution in [0.1, 0.15) is 12.8 Å². The average Bonchev–Trinajstić information content (AvgIpc) is 2.68. The normalized spacial score (nSPS) is 18.1. The van der Waals surface area contributed by atoms with Gasteiger partial charge in [0.1, 0.15) is 22.6 Å². The van der Waals surface area contributed by atoms with E-state index in [0.717, 1.165) is 12.1 Å². The molecule has 1 atom stereocenters. The Morgan fingerprint density at radius 2 is 1.96 bits per heavy atom. The van der Waals surface area contributed by atoms with Crippen LogP contribution in [0.4, 0.5) is 4.39 Å². The molecule has 0 amide bonds. The Morgan fingerprint density at radius 1 is 1.19 bits per heavy atom. The summed E-state index contributed by atoms with van der Waals surface area (Å²) in [7, 11) is -1.13. The maximum absolute atomic E-state index is 13.6. The highest BCUT2D eigenvalue weighted by atomic mass is 32.2. The maximum Gasteiger partial charge on any atom is 0.246 e. The quantitative estimate of drug-likeness (QED) is 0.735. The monoisotopic (exact) mass is 397 g/mol. The Morgan fingerprint density at radius 3 is 2.70 bits per heavy atom. The molecule has 0 N–H and O–H groups in total. The first-order valence-corrected chi connectivity index (χ1v) is 9.74. The lowest BCUT2D eigenvalue weighted by Crippen LogP contribution is -2.44. The molecule has 8 nitrogen and oxygen atoms in total. The van der Waals surface area contributed by atoms with E-state index in [-0.39, 0.29) is 23.1 Å². The molecule has 3 rings (SSSR count). The second kappa shape index (κ2) is 8.05. The standard InChI is InChI=1S/C17H20FN3O5S/c1-24-14-6-5-12(18)8-15(14)27(22,23)21-7-3-4-13(11-21)26-17-10-19-9-16(20-17)25-2/h5-6,8-10,13H,3-4,7,11H2,1-2H3. The highest BCUT2D eigenvalue weighted by Gasteiger charge is 2.33. The number of hydrogen-bond donors (Lipinski definition) is 0. The summed E-state index contributed by atoms with van der Waals surface area (Å²) in [6, 6.07) is 3.42. The lowest BCUT2D eigenvalue weighted by Gasteiger charge is -2.32. The van der Waals surface area contributed by atoms with Gasteiger partial charge in [0.05, 0.1) is 33.2 Å². The SMILES string of the molecule is COc1cncc(OC2CCCN(S(=O)(=O)c3cc(F)ccc3OC)C2)n1. The number of methoxy groups -OCH3 is 2. The van der Waals surface area contributed by atoms with Crippen molar-refractivity contribution in [3.05, 3.63) is 36.4 Å². The van der Waals surface area contributed by atoms with Gasteiger partial charge in [-0.25, -0.2) is 12.8 Å². The lowest BCUT2D eigenvalue weighted by atomic mass is 10.1. The van der Waals surface area contributed by atoms with E-state index in [1.54, 1.807) is 0 Å². The fourth-order valence-corrected chi connectivity index (χ4v) is 4.55. The third-order valence-electron chi connectivity index (χ3n) is 4.17. The number of hydrogen-bond acceptors (Lipinski definition) is 7. The molecular formula is C17H20FN3O5S. The first-order valence-electron chi connectivity index (χ1n) is 8.30. The fraction of sp³-hybridized carbons (Fsp3) is 0.412. The summed E-state index contributed by atoms with van der Waals surface area (Å²) >= 11 is 0. The van der Waals surface area contributed by atoms with E-state index in [4.69, 9.17) is 14.2 Å². The number of sulfonamides is 1. The van der Waals surface area contributed by atoms with E-state index in [1.807, 2.05) is 0 Å². The van der Waals surface area contributed by atoms with Crippen LogP contribution in [-0.4, -0.2) is 56.1 Å². The third-order valence-corrected chi connectivity index (χ3v) is 6.06. The average molecular weight is 397 g/mol. The van der Waals surface area contributed by atoms with Crippen LogP contribution in [-0.2, 0) is 10.0 Å². The smallest absolute Gasteiger partial charge is 0.246 e. The van der Waals surface area contributed by atoms with Crippen molar-refractivity contribution in [3.8, 4) is 17.5 Å². The molecule has 1 aliphatic rings. The van der Waals surface area contributed by atoms with Crippen molar-refractivity contribution in [2.45, 2.75) is 23.8 Å². The molecule has 146 valence electrons. The van der Waals surface area contributed by atoms with Gasteiger partial charge in [-0.05, 0) is 31.0 Å². The van der Waals surface area contributed by atoms with Crippen LogP contribution in [0.2, 0.25) is 0 Å². The van der Waals surface area contributed by atoms with Crippen LogP contribution in [0.5, 0.6) is 17.5 Å². The van der Waals surface area contributed by atoms with Crippen molar-refractivity contribution in [3.63, 3.8) is 0 Å². The Balaban J connectivity index is 1.80. The minimum absolute atomic E-state index is 0.0955. The number of nitrogens with zero attached hydrogens (tertiary/aromatic N) is 3. The van der Waals surface area contributed by atoms with E-state index >= 15 is 0 Å². The first-order chi connectivity index (χ1) is 12.9. The van der Waals surface area contributed by atoms with E-state index in [0.29, 0.717) is 25.3 Å². The summed E-state index contributed by atoms with van der Waals surface area (Å²) in [5.41, 5.74) is 0. The summed E-state index contributed by atoms with van der Waals surface area (Å²) in [6.07, 6.45) is 3.73. The molecule has 1 fully saturated rings. The molecule has 0 radical (unpaired) electrons. The molecule has 0 aliphatic carbocycles. The predicted molar refractivity (Wildman–Crippen MR) is 93.9 cm³/mol. The highest BCUT2D eigenvalue weighted by Crippen LogP contribution is 2.30. The molecule has 2 heterocycles. The Bertz CT molecular complexity index is 909. The van der Waals surface area contributed by atoms with Crippen LogP contribution >= 0.6 is 0 Å². The summed E-state index contributed by atoms with van der Waals surface area (Å²) in [4.78, 5) is 7.89. The van der Waals surface area contributed by atoms with Gasteiger partial charge >= 0.3 is 0 Å². The molecule has 2 aromatic rings. The van der Waals surface area contributed by atoms with Gasteiger partial charge in [0.25, 0.3) is 0 Å². The van der Waals surface area contributed by atoms with E-state index in [9.17, 15) is 12.8 Å². The number of rotatable bonds is 6. The third kappa shape index (κ3) is 4.28. The zero-order valence-electron chi connectivity index (χ0n) is 15.0. The molecular weight excluding hydrogens is 377 g/mol. The molecule has 1 aromatic heterocycles. The molecule has 1 aromatic carbocycles. The molecule has 27 heavy (non-hydrogen) atoms. The fourth-order valence-electron chi connectivity index (χ4n) is 2.87. The Hall–Kier alpha value is -2.46. The lowest BCUT2D eigenvalue weighted by molar-refractivity contribution is 0.123. The summed E-state index contributed by atoms with van der Waals surface area (Å²) in [5, 5.41) is 0. The maximum atomic E-state index is 13.6. The molecule has 0 bridgehead atoms. The van der Waals surface area contributed by atoms with E-state index < -0.39 is 21.9 Å². The van der Waals surface area contributed by atoms with Crippen molar-refractivity contribution in [2.24, 2.45) is 0 Å². The topological polar surface area (TPSA) is 90.9 Å². The molecule has 10 heteroatoms. The predicted octanol–water partition coefficient (Wildman–Crippen LogP) is 1.86. The Labute approximate surface area is 157 Å². The summed E-state index contributed by atoms with van der Waals surface area (Å²) in [5.74, 6) is 0.00293. The largest absolute Gasteiger partial charge is 0.495 e. The number of aromatic nitrogens is 2. The number of benzene rings is 1. The van der Waals surface area contributed by atoms with Gasteiger partial charge in [-0.15, -0.1) is 0 Å². The van der Waals surface area contributed by atoms with Crippen LogP contribution in [0.25, 0.3) is 0 Å². The molecule has 0 spiro atoms. The molecule has 1 aliphatic heterocycles. The van der Waals surface area contributed by atoms with Gasteiger partial charge in [0, 0.05) is 6.54 Å². The van der Waals surface area contributed by atoms with Crippen molar-refractivity contribution >= 4 is 10.0 Å². The van der Waals surface area contributed by atoms with Crippen molar-refractivity contribution in [1.82, 2.24) is 14.3 Å². The van der Waals surface area contributed by atoms with Gasteiger partial charge in [-0.2, -0.15) is 9.29 Å². The zero-order chi connectivity index (χ0) is 19.4. The molecule has 1 saturated heterocycles. The van der Waals surface area contributed by atoms with Gasteiger partial charge in [0.2, 0.25) is 21.8 Å². The molecule has 1 unspecified atom stereocenters. The summed E-state index contributed by atoms with van der Waals surface area (Å²) < 4.78 is 56.8. The van der Waals surface area contributed by atoms with Crippen molar-refractivity contribution in [2.75, 3.05) is 27.3 Å². The van der Waals surface area contributed by atoms with Crippen molar-refractivity contribution < 1.29 is 27.0 Å². The minimum Gasteiger partial charge on any atom is -0.495 e. The van der Waals surface area contributed by atoms with Crippen LogP contribution < -0.4 is 14.2 Å². The van der Waals surface area contributed by atoms with Gasteiger partial charge < -0.3 is 14.2 Å². The number of halogens is 1. The van der Waals surface area contributed by atoms with E-state index in [1.165, 1.54) is 37.0 Å². The highest BCUT2D eigenvalue weighted by molar-refractivity contribution is 7.89. The first kappa shape index (κ1) is 19.3. The van der Waals surface area contributed by atoms with E-state index in [2.05, 4.69) is 9.97 Å². The zero-order valence-corrected chi connectivity index (χ0v) is 15.8. The second-order valence-corrected chi connectivity index (χ2v) is 7.85. The van der Waals surface area contributed by atoms with Crippen LogP contribution in [0.3, 0.4) is 0 Å². The van der Waals surface area contributed by atoms with Gasteiger partial charge in [-0.1, -0.05) is 0 Å². The summed E-state index contributed by atoms with van der Waals surface area (Å²) in [6.45, 7) is 0.423. The Kier molecular flexibility index (Phi) is 5.76. The molecule has 0 saturated carbocycles. The van der Waals surface area contributed by atoms with Gasteiger partial charge in [-0.3, -0.25) is 4.98 Å². The minimum atomic E-state index is -3.94. The van der Waals surface area contributed by atoms with Crippen LogP contribution in [0, 0.1) is 5.82 Å². The number of ether oxygens (including phenoxy) is 3.